The molecule has 1 atom stereocenters. The molecule has 2 rings (SSSR count). The summed E-state index contributed by atoms with van der Waals surface area (Å²) in [6.45, 7) is 8.13. The molecule has 16 heavy (non-hydrogen) atoms. The van der Waals surface area contributed by atoms with Crippen molar-refractivity contribution in [2.24, 2.45) is 5.92 Å². The molecule has 2 nitrogen and oxygen atoms in total. The van der Waals surface area contributed by atoms with Crippen LogP contribution < -0.4 is 10.2 Å². The van der Waals surface area contributed by atoms with E-state index in [0.717, 1.165) is 19.0 Å². The Morgan fingerprint density at radius 2 is 2.44 bits per heavy atom. The summed E-state index contributed by atoms with van der Waals surface area (Å²) in [5, 5.41) is 8.10. The molecule has 1 aromatic rings. The van der Waals surface area contributed by atoms with Crippen LogP contribution in [0, 0.1) is 5.92 Å². The van der Waals surface area contributed by atoms with Crippen LogP contribution in [0.3, 0.4) is 0 Å². The van der Waals surface area contributed by atoms with Crippen molar-refractivity contribution in [2.45, 2.75) is 32.7 Å². The molecule has 0 saturated carbocycles. The number of nitrogens with one attached hydrogen (secondary N) is 1. The molecule has 1 aromatic heterocycles. The molecule has 0 radical (unpaired) electrons. The SMILES string of the molecule is CC(C)CC1CN(c2ccsc2)CCCN1. The Morgan fingerprint density at radius 1 is 1.56 bits per heavy atom. The highest BCUT2D eigenvalue weighted by Gasteiger charge is 2.18. The molecule has 3 heteroatoms. The Morgan fingerprint density at radius 3 is 3.12 bits per heavy atom. The average molecular weight is 238 g/mol. The van der Waals surface area contributed by atoms with Gasteiger partial charge in [-0.05, 0) is 36.8 Å². The molecule has 0 aliphatic carbocycles. The van der Waals surface area contributed by atoms with Crippen LogP contribution in [0.25, 0.3) is 0 Å². The number of hydrogen-bond acceptors (Lipinski definition) is 3. The zero-order chi connectivity index (χ0) is 11.4. The summed E-state index contributed by atoms with van der Waals surface area (Å²) >= 11 is 1.79. The number of rotatable bonds is 3. The van der Waals surface area contributed by atoms with Crippen molar-refractivity contribution >= 4 is 17.0 Å². The van der Waals surface area contributed by atoms with Gasteiger partial charge in [0.25, 0.3) is 0 Å². The molecule has 90 valence electrons. The molecular formula is C13H22N2S. The van der Waals surface area contributed by atoms with Crippen molar-refractivity contribution in [2.75, 3.05) is 24.5 Å². The normalized spacial score (nSPS) is 22.4. The summed E-state index contributed by atoms with van der Waals surface area (Å²) < 4.78 is 0. The maximum atomic E-state index is 3.67. The number of hydrogen-bond donors (Lipinski definition) is 1. The molecule has 1 aliphatic rings. The van der Waals surface area contributed by atoms with Gasteiger partial charge in [0.15, 0.2) is 0 Å². The van der Waals surface area contributed by atoms with Crippen molar-refractivity contribution < 1.29 is 0 Å². The highest BCUT2D eigenvalue weighted by Crippen LogP contribution is 2.20. The van der Waals surface area contributed by atoms with Gasteiger partial charge in [-0.1, -0.05) is 13.8 Å². The van der Waals surface area contributed by atoms with E-state index in [2.05, 4.69) is 40.9 Å². The Bertz CT molecular complexity index is 295. The lowest BCUT2D eigenvalue weighted by Gasteiger charge is -2.26. The van der Waals surface area contributed by atoms with E-state index in [0.29, 0.717) is 6.04 Å². The van der Waals surface area contributed by atoms with Gasteiger partial charge in [-0.2, -0.15) is 11.3 Å². The smallest absolute Gasteiger partial charge is 0.0475 e. The molecule has 0 spiro atoms. The van der Waals surface area contributed by atoms with Gasteiger partial charge >= 0.3 is 0 Å². The third-order valence-corrected chi connectivity index (χ3v) is 3.78. The fourth-order valence-corrected chi connectivity index (χ4v) is 3.06. The minimum atomic E-state index is 0.655. The predicted octanol–water partition coefficient (Wildman–Crippen LogP) is 2.96. The lowest BCUT2D eigenvalue weighted by atomic mass is 10.0. The highest BCUT2D eigenvalue weighted by atomic mass is 32.1. The van der Waals surface area contributed by atoms with Gasteiger partial charge in [0.05, 0.1) is 0 Å². The van der Waals surface area contributed by atoms with E-state index >= 15 is 0 Å². The van der Waals surface area contributed by atoms with Gasteiger partial charge in [-0.3, -0.25) is 0 Å². The van der Waals surface area contributed by atoms with E-state index in [1.165, 1.54) is 25.1 Å². The fourth-order valence-electron chi connectivity index (χ4n) is 2.40. The quantitative estimate of drug-likeness (QED) is 0.871. The maximum Gasteiger partial charge on any atom is 0.0475 e. The van der Waals surface area contributed by atoms with Crippen molar-refractivity contribution in [3.63, 3.8) is 0 Å². The molecule has 0 amide bonds. The van der Waals surface area contributed by atoms with Crippen molar-refractivity contribution in [3.8, 4) is 0 Å². The topological polar surface area (TPSA) is 15.3 Å². The molecule has 1 unspecified atom stereocenters. The first-order valence-corrected chi connectivity index (χ1v) is 7.20. The van der Waals surface area contributed by atoms with Crippen LogP contribution in [0.5, 0.6) is 0 Å². The van der Waals surface area contributed by atoms with Crippen LogP contribution >= 0.6 is 11.3 Å². The van der Waals surface area contributed by atoms with Crippen LogP contribution in [0.2, 0.25) is 0 Å². The molecule has 0 bridgehead atoms. The zero-order valence-corrected chi connectivity index (χ0v) is 11.1. The van der Waals surface area contributed by atoms with Crippen LogP contribution in [0.15, 0.2) is 16.8 Å². The van der Waals surface area contributed by atoms with E-state index in [9.17, 15) is 0 Å². The monoisotopic (exact) mass is 238 g/mol. The summed E-state index contributed by atoms with van der Waals surface area (Å²) in [4.78, 5) is 2.53. The van der Waals surface area contributed by atoms with E-state index < -0.39 is 0 Å². The lowest BCUT2D eigenvalue weighted by molar-refractivity contribution is 0.436. The Hall–Kier alpha value is -0.540. The van der Waals surface area contributed by atoms with Crippen molar-refractivity contribution in [1.29, 1.82) is 0 Å². The maximum absolute atomic E-state index is 3.67. The summed E-state index contributed by atoms with van der Waals surface area (Å²) in [5.74, 6) is 0.778. The first-order valence-electron chi connectivity index (χ1n) is 6.26. The molecule has 1 fully saturated rings. The molecule has 1 saturated heterocycles. The second-order valence-electron chi connectivity index (χ2n) is 5.06. The van der Waals surface area contributed by atoms with E-state index in [1.807, 2.05) is 0 Å². The predicted molar refractivity (Wildman–Crippen MR) is 72.4 cm³/mol. The van der Waals surface area contributed by atoms with Crippen molar-refractivity contribution in [1.82, 2.24) is 5.32 Å². The molecule has 0 aromatic carbocycles. The average Bonchev–Trinajstić information content (AvgIpc) is 2.66. The molecule has 2 heterocycles. The second-order valence-corrected chi connectivity index (χ2v) is 5.84. The highest BCUT2D eigenvalue weighted by molar-refractivity contribution is 7.08. The van der Waals surface area contributed by atoms with E-state index in [-0.39, 0.29) is 0 Å². The third kappa shape index (κ3) is 3.22. The number of nitrogens with zero attached hydrogens (tertiary/aromatic N) is 1. The molecule has 1 N–H and O–H groups in total. The van der Waals surface area contributed by atoms with Crippen LogP contribution in [0.1, 0.15) is 26.7 Å². The third-order valence-electron chi connectivity index (χ3n) is 3.11. The number of anilines is 1. The second kappa shape index (κ2) is 5.69. The molecular weight excluding hydrogens is 216 g/mol. The van der Waals surface area contributed by atoms with E-state index in [4.69, 9.17) is 0 Å². The summed E-state index contributed by atoms with van der Waals surface area (Å²) in [6.07, 6.45) is 2.53. The van der Waals surface area contributed by atoms with Gasteiger partial charge in [0.2, 0.25) is 0 Å². The summed E-state index contributed by atoms with van der Waals surface area (Å²) in [6, 6.07) is 2.89. The van der Waals surface area contributed by atoms with Gasteiger partial charge < -0.3 is 10.2 Å². The Labute approximate surface area is 103 Å². The summed E-state index contributed by atoms with van der Waals surface area (Å²) in [7, 11) is 0. The van der Waals surface area contributed by atoms with Crippen LogP contribution in [-0.4, -0.2) is 25.7 Å². The summed E-state index contributed by atoms with van der Waals surface area (Å²) in [5.41, 5.74) is 1.41. The van der Waals surface area contributed by atoms with Gasteiger partial charge in [-0.15, -0.1) is 0 Å². The van der Waals surface area contributed by atoms with Gasteiger partial charge in [0.1, 0.15) is 0 Å². The van der Waals surface area contributed by atoms with E-state index in [1.54, 1.807) is 11.3 Å². The van der Waals surface area contributed by atoms with Crippen molar-refractivity contribution in [3.05, 3.63) is 16.8 Å². The first-order chi connectivity index (χ1) is 7.75. The Balaban J connectivity index is 1.98. The van der Waals surface area contributed by atoms with Gasteiger partial charge in [0, 0.05) is 30.2 Å². The van der Waals surface area contributed by atoms with Gasteiger partial charge in [-0.25, -0.2) is 0 Å². The largest absolute Gasteiger partial charge is 0.369 e. The Kier molecular flexibility index (Phi) is 4.24. The minimum Gasteiger partial charge on any atom is -0.369 e. The minimum absolute atomic E-state index is 0.655. The molecule has 1 aliphatic heterocycles. The first kappa shape index (κ1) is 11.9. The standard InChI is InChI=1S/C13H22N2S/c1-11(2)8-12-9-15(6-3-5-14-12)13-4-7-16-10-13/h4,7,10-12,14H,3,5-6,8-9H2,1-2H3. The lowest BCUT2D eigenvalue weighted by Crippen LogP contribution is -2.38. The van der Waals surface area contributed by atoms with Crippen LogP contribution in [0.4, 0.5) is 5.69 Å². The zero-order valence-electron chi connectivity index (χ0n) is 10.3. The fraction of sp³-hybridized carbons (Fsp3) is 0.692. The van der Waals surface area contributed by atoms with Crippen LogP contribution in [-0.2, 0) is 0 Å². The number of thiophene rings is 1.